The molecule has 2 unspecified atom stereocenters. The first-order valence-corrected chi connectivity index (χ1v) is 31.8. The van der Waals surface area contributed by atoms with Crippen molar-refractivity contribution < 1.29 is 36.0 Å². The van der Waals surface area contributed by atoms with Gasteiger partial charge >= 0.3 is 0 Å². The quantitative estimate of drug-likeness (QED) is 0.117. The zero-order valence-electron chi connectivity index (χ0n) is 48.1. The van der Waals surface area contributed by atoms with Gasteiger partial charge in [0.2, 0.25) is 11.8 Å². The average molecular weight is 1170 g/mol. The molecule has 0 spiro atoms. The molecule has 0 radical (unpaired) electrons. The van der Waals surface area contributed by atoms with Crippen LogP contribution in [0, 0.1) is 34.5 Å². The molecule has 4 aromatic heterocycles. The van der Waals surface area contributed by atoms with E-state index in [-0.39, 0.29) is 55.0 Å². The first-order valence-electron chi connectivity index (χ1n) is 28.5. The van der Waals surface area contributed by atoms with Crippen LogP contribution in [-0.2, 0) is 29.6 Å². The number of nitrogens with one attached hydrogen (secondary N) is 5. The molecule has 4 fully saturated rings. The van der Waals surface area contributed by atoms with E-state index in [1.165, 1.54) is 24.3 Å². The van der Waals surface area contributed by atoms with Gasteiger partial charge in [-0.15, -0.1) is 0 Å². The molecule has 4 aromatic rings. The molecular formula is C58H81ClN12O8S2. The maximum Gasteiger partial charge on any atom is 0.281 e. The molecular weight excluding hydrogens is 1090 g/mol. The number of hydrogen-bond donors (Lipinski definition) is 5. The summed E-state index contributed by atoms with van der Waals surface area (Å²) in [5.74, 6) is 2.13. The van der Waals surface area contributed by atoms with Crippen LogP contribution in [0.3, 0.4) is 0 Å². The van der Waals surface area contributed by atoms with Gasteiger partial charge in [0.05, 0.1) is 11.1 Å². The maximum absolute atomic E-state index is 13.6. The summed E-state index contributed by atoms with van der Waals surface area (Å²) in [7, 11) is -8.36. The number of sulfonamides is 2. The van der Waals surface area contributed by atoms with E-state index in [9.17, 15) is 36.0 Å². The van der Waals surface area contributed by atoms with Crippen LogP contribution in [0.1, 0.15) is 153 Å². The molecule has 6 aliphatic heterocycles. The van der Waals surface area contributed by atoms with Crippen molar-refractivity contribution in [1.82, 2.24) is 34.7 Å². The summed E-state index contributed by atoms with van der Waals surface area (Å²) in [5, 5.41) is 9.04. The van der Waals surface area contributed by atoms with Crippen LogP contribution in [0.2, 0.25) is 5.15 Å². The van der Waals surface area contributed by atoms with Crippen molar-refractivity contribution in [2.24, 2.45) is 34.5 Å². The number of hydrogen-bond acceptors (Lipinski definition) is 16. The van der Waals surface area contributed by atoms with Crippen molar-refractivity contribution in [3.05, 3.63) is 76.9 Å². The summed E-state index contributed by atoms with van der Waals surface area (Å²) in [6.07, 6.45) is 11.5. The van der Waals surface area contributed by atoms with Crippen molar-refractivity contribution in [2.45, 2.75) is 148 Å². The summed E-state index contributed by atoms with van der Waals surface area (Å²) in [4.78, 5) is 74.4. The first kappa shape index (κ1) is 61.0. The van der Waals surface area contributed by atoms with Crippen molar-refractivity contribution in [3.63, 3.8) is 0 Å². The summed E-state index contributed by atoms with van der Waals surface area (Å²) >= 11 is 6.05. The molecule has 440 valence electrons. The summed E-state index contributed by atoms with van der Waals surface area (Å²) in [5.41, 5.74) is 0.538. The molecule has 4 amide bonds. The van der Waals surface area contributed by atoms with Crippen LogP contribution in [0.15, 0.2) is 70.7 Å². The number of pyridine rings is 4. The van der Waals surface area contributed by atoms with Crippen LogP contribution in [-0.4, -0.2) is 112 Å². The monoisotopic (exact) mass is 1170 g/mol. The Kier molecular flexibility index (Phi) is 18.9. The predicted molar refractivity (Wildman–Crippen MR) is 316 cm³/mol. The number of carbonyl (C=O) groups is 4. The standard InChI is InChI=1S/C30H42N6O4S.C18H20ClN5O3S.C10H19NO/c1-29(2,3)15-13-21-14-17-35(28(21)38)24-12-11-22-26(33-24)36-19-20(18-30(36,4)5)8-7-16-31-23-9-6-10-25(32-23)41(39,40)34-27(22)37;19-14-7-6-13-17(21-14)24-10-8-12(11-24)3-2-9-20-15-4-1-5-16(22-15)28(26,27)23-18(13)25;1-10(2,3)6-4-8-5-7-11-9(8)12/h6,9-12,20-21H,7-8,13-19H2,1-5H3,(H,31,32)(H,34,37);1,4-7,12H,2-3,8-11H2,(H,20,22)(H,23,25);8H,4-7H2,1-3H3,(H,11,12)/t20-,21?;12-;/m00./s1. The van der Waals surface area contributed by atoms with Gasteiger partial charge in [-0.2, -0.15) is 16.8 Å². The number of aromatic nitrogens is 4. The van der Waals surface area contributed by atoms with Crippen LogP contribution >= 0.6 is 11.6 Å². The molecule has 20 nitrogen and oxygen atoms in total. The second-order valence-corrected chi connectivity index (χ2v) is 29.0. The minimum Gasteiger partial charge on any atom is -0.370 e. The van der Waals surface area contributed by atoms with Crippen molar-refractivity contribution in [2.75, 3.05) is 71.1 Å². The largest absolute Gasteiger partial charge is 0.370 e. The molecule has 10 heterocycles. The van der Waals surface area contributed by atoms with E-state index in [1.807, 2.05) is 4.90 Å². The smallest absolute Gasteiger partial charge is 0.281 e. The summed E-state index contributed by atoms with van der Waals surface area (Å²) in [6, 6.07) is 15.6. The van der Waals surface area contributed by atoms with Crippen LogP contribution in [0.5, 0.6) is 0 Å². The Morgan fingerprint density at radius 3 is 1.75 bits per heavy atom. The average Bonchev–Trinajstić information content (AvgIpc) is 4.44. The lowest BCUT2D eigenvalue weighted by Gasteiger charge is -2.34. The fourth-order valence-electron chi connectivity index (χ4n) is 11.4. The van der Waals surface area contributed by atoms with Crippen molar-refractivity contribution in [1.29, 1.82) is 0 Å². The van der Waals surface area contributed by atoms with E-state index in [0.717, 1.165) is 96.7 Å². The minimum absolute atomic E-state index is 0.0495. The Morgan fingerprint density at radius 1 is 0.605 bits per heavy atom. The van der Waals surface area contributed by atoms with Crippen LogP contribution < -0.4 is 40.1 Å². The van der Waals surface area contributed by atoms with E-state index in [0.29, 0.717) is 78.4 Å². The number of rotatable bonds is 5. The predicted octanol–water partition coefficient (Wildman–Crippen LogP) is 8.81. The number of nitrogens with zero attached hydrogens (tertiary/aromatic N) is 7. The van der Waals surface area contributed by atoms with Crippen molar-refractivity contribution in [3.8, 4) is 0 Å². The first-order chi connectivity index (χ1) is 38.1. The van der Waals surface area contributed by atoms with Gasteiger partial charge in [-0.05, 0) is 162 Å². The number of fused-ring (bicyclic) bond motifs is 12. The van der Waals surface area contributed by atoms with Gasteiger partial charge in [0.1, 0.15) is 34.2 Å². The molecule has 81 heavy (non-hydrogen) atoms. The second kappa shape index (κ2) is 25.2. The molecule has 8 bridgehead atoms. The van der Waals surface area contributed by atoms with Gasteiger partial charge in [-0.3, -0.25) is 24.1 Å². The van der Waals surface area contributed by atoms with Gasteiger partial charge < -0.3 is 25.8 Å². The van der Waals surface area contributed by atoms with Crippen LogP contribution in [0.25, 0.3) is 0 Å². The lowest BCUT2D eigenvalue weighted by Crippen LogP contribution is -2.41. The summed E-state index contributed by atoms with van der Waals surface area (Å²) in [6.45, 7) is 22.5. The highest BCUT2D eigenvalue weighted by atomic mass is 35.5. The Morgan fingerprint density at radius 2 is 1.17 bits per heavy atom. The van der Waals surface area contributed by atoms with E-state index < -0.39 is 31.9 Å². The fourth-order valence-corrected chi connectivity index (χ4v) is 13.4. The Labute approximate surface area is 483 Å². The lowest BCUT2D eigenvalue weighted by molar-refractivity contribution is -0.123. The fraction of sp³-hybridized carbons (Fsp3) is 0.586. The zero-order chi connectivity index (χ0) is 58.5. The zero-order valence-corrected chi connectivity index (χ0v) is 50.5. The van der Waals surface area contributed by atoms with E-state index in [4.69, 9.17) is 16.6 Å². The molecule has 0 saturated carbocycles. The highest BCUT2D eigenvalue weighted by molar-refractivity contribution is 7.90. The Bertz CT molecular complexity index is 3190. The number of carbonyl (C=O) groups excluding carboxylic acids is 4. The van der Waals surface area contributed by atoms with Crippen LogP contribution in [0.4, 0.5) is 29.1 Å². The molecule has 4 saturated heterocycles. The molecule has 6 aliphatic rings. The highest BCUT2D eigenvalue weighted by Gasteiger charge is 2.42. The Balaban J connectivity index is 0.000000184. The van der Waals surface area contributed by atoms with E-state index in [1.54, 1.807) is 41.3 Å². The third-order valence-corrected chi connectivity index (χ3v) is 18.6. The van der Waals surface area contributed by atoms with Crippen molar-refractivity contribution >= 4 is 84.4 Å². The lowest BCUT2D eigenvalue weighted by atomic mass is 9.86. The van der Waals surface area contributed by atoms with Gasteiger partial charge in [-0.1, -0.05) is 65.3 Å². The van der Waals surface area contributed by atoms with E-state index >= 15 is 0 Å². The van der Waals surface area contributed by atoms with Gasteiger partial charge in [0.15, 0.2) is 10.1 Å². The maximum atomic E-state index is 13.6. The molecule has 5 N–H and O–H groups in total. The molecule has 4 atom stereocenters. The van der Waals surface area contributed by atoms with Gasteiger partial charge in [0, 0.05) is 63.2 Å². The van der Waals surface area contributed by atoms with E-state index in [2.05, 4.69) is 101 Å². The number of amides is 4. The Hall–Kier alpha value is -6.13. The third kappa shape index (κ3) is 15.9. The third-order valence-electron chi connectivity index (χ3n) is 15.9. The topological polar surface area (TPSA) is 258 Å². The number of halogens is 1. The molecule has 23 heteroatoms. The highest BCUT2D eigenvalue weighted by Crippen LogP contribution is 2.41. The summed E-state index contributed by atoms with van der Waals surface area (Å²) < 4.78 is 56.0. The molecule has 0 aromatic carbocycles. The van der Waals surface area contributed by atoms with Gasteiger partial charge in [0.25, 0.3) is 31.9 Å². The molecule has 0 aliphatic carbocycles. The minimum atomic E-state index is -4.24. The second-order valence-electron chi connectivity index (χ2n) is 25.3. The normalized spacial score (nSPS) is 23.3. The molecule has 10 rings (SSSR count). The van der Waals surface area contributed by atoms with Gasteiger partial charge in [-0.25, -0.2) is 29.4 Å². The number of anilines is 5. The SMILES string of the molecule is CC(C)(C)CCC1CCN(c2ccc3c(n2)N2C[C@@H](CCCNc4cccc(n4)S(=O)(=O)NC3=O)CC2(C)C)C1=O.CC(C)(C)CCC1CCNC1=O.O=C1NS(=O)(=O)c2cccc(n2)NCCC[C@H]2CCN(C2)c2nc(Cl)ccc21.